The first-order valence-corrected chi connectivity index (χ1v) is 9.47. The van der Waals surface area contributed by atoms with Crippen LogP contribution >= 0.6 is 0 Å². The third kappa shape index (κ3) is 5.09. The standard InChI is InChI=1S/C20H33N3O2/c1-20(6-12-25-13-7-20)16-21-18-14-17(4-5-19(18)24-3)15-23-10-8-22(2)9-11-23/h4-5,14,21H,6-13,15-16H2,1-3H3. The molecule has 1 N–H and O–H groups in total. The van der Waals surface area contributed by atoms with Gasteiger partial charge in [0.1, 0.15) is 5.75 Å². The van der Waals surface area contributed by atoms with Crippen LogP contribution in [0, 0.1) is 5.41 Å². The molecular weight excluding hydrogens is 314 g/mol. The Kier molecular flexibility index (Phi) is 6.20. The maximum Gasteiger partial charge on any atom is 0.141 e. The zero-order valence-corrected chi connectivity index (χ0v) is 16.0. The number of ether oxygens (including phenoxy) is 2. The number of hydrogen-bond acceptors (Lipinski definition) is 5. The number of anilines is 1. The normalized spacial score (nSPS) is 21.9. The van der Waals surface area contributed by atoms with E-state index >= 15 is 0 Å². The maximum absolute atomic E-state index is 5.57. The SMILES string of the molecule is COc1ccc(CN2CCN(C)CC2)cc1NCC1(C)CCOCC1. The van der Waals surface area contributed by atoms with Gasteiger partial charge in [0.2, 0.25) is 0 Å². The number of piperazine rings is 1. The molecule has 0 bridgehead atoms. The van der Waals surface area contributed by atoms with Crippen LogP contribution in [0.4, 0.5) is 5.69 Å². The van der Waals surface area contributed by atoms with Crippen LogP contribution in [0.5, 0.6) is 5.75 Å². The smallest absolute Gasteiger partial charge is 0.141 e. The predicted octanol–water partition coefficient (Wildman–Crippen LogP) is 2.67. The summed E-state index contributed by atoms with van der Waals surface area (Å²) in [6, 6.07) is 6.55. The van der Waals surface area contributed by atoms with E-state index in [-0.39, 0.29) is 0 Å². The second-order valence-corrected chi connectivity index (χ2v) is 7.89. The van der Waals surface area contributed by atoms with Crippen molar-refractivity contribution >= 4 is 5.69 Å². The van der Waals surface area contributed by atoms with Gasteiger partial charge < -0.3 is 19.7 Å². The largest absolute Gasteiger partial charge is 0.495 e. The van der Waals surface area contributed by atoms with Gasteiger partial charge in [0.05, 0.1) is 12.8 Å². The Morgan fingerprint density at radius 1 is 1.16 bits per heavy atom. The zero-order chi connectivity index (χ0) is 17.7. The van der Waals surface area contributed by atoms with Gasteiger partial charge >= 0.3 is 0 Å². The van der Waals surface area contributed by atoms with Crippen molar-refractivity contribution < 1.29 is 9.47 Å². The van der Waals surface area contributed by atoms with Crippen molar-refractivity contribution in [1.82, 2.24) is 9.80 Å². The Hall–Kier alpha value is -1.30. The molecule has 0 aliphatic carbocycles. The number of benzene rings is 1. The van der Waals surface area contributed by atoms with Gasteiger partial charge in [0.25, 0.3) is 0 Å². The second kappa shape index (κ2) is 8.39. The highest BCUT2D eigenvalue weighted by molar-refractivity contribution is 5.58. The highest BCUT2D eigenvalue weighted by Crippen LogP contribution is 2.32. The van der Waals surface area contributed by atoms with E-state index in [2.05, 4.69) is 47.3 Å². The van der Waals surface area contributed by atoms with E-state index in [4.69, 9.17) is 9.47 Å². The van der Waals surface area contributed by atoms with Gasteiger partial charge in [0, 0.05) is 52.5 Å². The number of hydrogen-bond donors (Lipinski definition) is 1. The summed E-state index contributed by atoms with van der Waals surface area (Å²) >= 11 is 0. The zero-order valence-electron chi connectivity index (χ0n) is 16.0. The van der Waals surface area contributed by atoms with Gasteiger partial charge in [-0.3, -0.25) is 4.90 Å². The quantitative estimate of drug-likeness (QED) is 0.856. The molecule has 2 aliphatic rings. The topological polar surface area (TPSA) is 37.0 Å². The molecule has 5 nitrogen and oxygen atoms in total. The predicted molar refractivity (Wildman–Crippen MR) is 102 cm³/mol. The van der Waals surface area contributed by atoms with Crippen molar-refractivity contribution in [2.45, 2.75) is 26.3 Å². The van der Waals surface area contributed by atoms with E-state index in [0.29, 0.717) is 5.41 Å². The van der Waals surface area contributed by atoms with Gasteiger partial charge in [-0.15, -0.1) is 0 Å². The summed E-state index contributed by atoms with van der Waals surface area (Å²) in [6.45, 7) is 10.7. The molecule has 0 amide bonds. The first-order valence-electron chi connectivity index (χ1n) is 9.47. The average Bonchev–Trinajstić information content (AvgIpc) is 2.63. The van der Waals surface area contributed by atoms with Crippen LogP contribution in [0.15, 0.2) is 18.2 Å². The Morgan fingerprint density at radius 2 is 1.88 bits per heavy atom. The first kappa shape index (κ1) is 18.5. The van der Waals surface area contributed by atoms with Crippen LogP contribution in [-0.2, 0) is 11.3 Å². The van der Waals surface area contributed by atoms with E-state index in [9.17, 15) is 0 Å². The molecule has 0 aromatic heterocycles. The molecule has 3 rings (SSSR count). The van der Waals surface area contributed by atoms with Crippen LogP contribution < -0.4 is 10.1 Å². The minimum absolute atomic E-state index is 0.302. The lowest BCUT2D eigenvalue weighted by molar-refractivity contribution is 0.0300. The van der Waals surface area contributed by atoms with Crippen LogP contribution in [-0.4, -0.2) is 69.9 Å². The highest BCUT2D eigenvalue weighted by atomic mass is 16.5. The molecule has 2 aliphatic heterocycles. The molecule has 25 heavy (non-hydrogen) atoms. The van der Waals surface area contributed by atoms with Crippen molar-refractivity contribution in [3.05, 3.63) is 23.8 Å². The molecule has 0 radical (unpaired) electrons. The maximum atomic E-state index is 5.57. The lowest BCUT2D eigenvalue weighted by atomic mass is 9.82. The van der Waals surface area contributed by atoms with Crippen molar-refractivity contribution in [1.29, 1.82) is 0 Å². The summed E-state index contributed by atoms with van der Waals surface area (Å²) in [5.74, 6) is 0.929. The van der Waals surface area contributed by atoms with Gasteiger partial charge in [-0.05, 0) is 43.0 Å². The van der Waals surface area contributed by atoms with Crippen molar-refractivity contribution in [2.75, 3.05) is 65.4 Å². The van der Waals surface area contributed by atoms with Crippen LogP contribution in [0.2, 0.25) is 0 Å². The molecule has 0 atom stereocenters. The van der Waals surface area contributed by atoms with Crippen LogP contribution in [0.1, 0.15) is 25.3 Å². The lowest BCUT2D eigenvalue weighted by Gasteiger charge is -2.34. The first-order chi connectivity index (χ1) is 12.1. The number of nitrogens with one attached hydrogen (secondary N) is 1. The van der Waals surface area contributed by atoms with E-state index in [1.807, 2.05) is 0 Å². The van der Waals surface area contributed by atoms with Crippen molar-refractivity contribution in [2.24, 2.45) is 5.41 Å². The molecule has 0 spiro atoms. The van der Waals surface area contributed by atoms with E-state index < -0.39 is 0 Å². The van der Waals surface area contributed by atoms with E-state index in [1.165, 1.54) is 5.56 Å². The fraction of sp³-hybridized carbons (Fsp3) is 0.700. The Labute approximate surface area is 152 Å². The number of likely N-dealkylation sites (N-methyl/N-ethyl adjacent to an activating group) is 1. The highest BCUT2D eigenvalue weighted by Gasteiger charge is 2.27. The summed E-state index contributed by atoms with van der Waals surface area (Å²) in [4.78, 5) is 4.93. The summed E-state index contributed by atoms with van der Waals surface area (Å²) in [5.41, 5.74) is 2.77. The Balaban J connectivity index is 1.63. The van der Waals surface area contributed by atoms with Crippen molar-refractivity contribution in [3.63, 3.8) is 0 Å². The minimum atomic E-state index is 0.302. The molecule has 0 unspecified atom stereocenters. The summed E-state index contributed by atoms with van der Waals surface area (Å²) < 4.78 is 11.1. The number of methoxy groups -OCH3 is 1. The molecule has 1 aromatic carbocycles. The molecule has 2 saturated heterocycles. The van der Waals surface area contributed by atoms with Crippen LogP contribution in [0.25, 0.3) is 0 Å². The molecule has 2 fully saturated rings. The van der Waals surface area contributed by atoms with Gasteiger partial charge in [-0.25, -0.2) is 0 Å². The van der Waals surface area contributed by atoms with E-state index in [0.717, 1.165) is 76.8 Å². The summed E-state index contributed by atoms with van der Waals surface area (Å²) in [5, 5.41) is 3.65. The van der Waals surface area contributed by atoms with E-state index in [1.54, 1.807) is 7.11 Å². The van der Waals surface area contributed by atoms with Gasteiger partial charge in [-0.2, -0.15) is 0 Å². The second-order valence-electron chi connectivity index (χ2n) is 7.89. The number of nitrogens with zero attached hydrogens (tertiary/aromatic N) is 2. The monoisotopic (exact) mass is 347 g/mol. The van der Waals surface area contributed by atoms with Crippen LogP contribution in [0.3, 0.4) is 0 Å². The summed E-state index contributed by atoms with van der Waals surface area (Å²) in [6.07, 6.45) is 2.23. The Morgan fingerprint density at radius 3 is 2.56 bits per heavy atom. The molecular formula is C20H33N3O2. The summed E-state index contributed by atoms with van der Waals surface area (Å²) in [7, 11) is 3.94. The molecule has 2 heterocycles. The average molecular weight is 348 g/mol. The fourth-order valence-electron chi connectivity index (χ4n) is 3.61. The molecule has 140 valence electrons. The van der Waals surface area contributed by atoms with Crippen molar-refractivity contribution in [3.8, 4) is 5.75 Å². The molecule has 1 aromatic rings. The minimum Gasteiger partial charge on any atom is -0.495 e. The molecule has 0 saturated carbocycles. The lowest BCUT2D eigenvalue weighted by Crippen LogP contribution is -2.43. The Bertz CT molecular complexity index is 550. The van der Waals surface area contributed by atoms with Gasteiger partial charge in [-0.1, -0.05) is 13.0 Å². The van der Waals surface area contributed by atoms with Gasteiger partial charge in [0.15, 0.2) is 0 Å². The third-order valence-corrected chi connectivity index (χ3v) is 5.67. The third-order valence-electron chi connectivity index (χ3n) is 5.67. The fourth-order valence-corrected chi connectivity index (χ4v) is 3.61. The number of rotatable bonds is 6. The molecule has 5 heteroatoms.